The van der Waals surface area contributed by atoms with Crippen molar-refractivity contribution >= 4 is 17.3 Å². The van der Waals surface area contributed by atoms with Crippen LogP contribution in [0.5, 0.6) is 0 Å². The van der Waals surface area contributed by atoms with Crippen molar-refractivity contribution < 1.29 is 9.90 Å². The summed E-state index contributed by atoms with van der Waals surface area (Å²) in [6.07, 6.45) is 0. The summed E-state index contributed by atoms with van der Waals surface area (Å²) in [6.45, 7) is 1.92. The third kappa shape index (κ3) is 2.05. The van der Waals surface area contributed by atoms with E-state index in [-0.39, 0.29) is 0 Å². The standard InChI is InChI=1S/C11H9NO2S/c1-7-6-15-10(12-7)8-3-2-4-9(5-8)11(13)14/h2-6H,1H3,(H,13,14). The van der Waals surface area contributed by atoms with Crippen molar-refractivity contribution in [3.05, 3.63) is 40.9 Å². The molecule has 0 fully saturated rings. The lowest BCUT2D eigenvalue weighted by Gasteiger charge is -1.98. The average molecular weight is 219 g/mol. The summed E-state index contributed by atoms with van der Waals surface area (Å²) >= 11 is 1.52. The highest BCUT2D eigenvalue weighted by atomic mass is 32.1. The predicted molar refractivity (Wildman–Crippen MR) is 59.2 cm³/mol. The Morgan fingerprint density at radius 1 is 1.47 bits per heavy atom. The van der Waals surface area contributed by atoms with Gasteiger partial charge in [0, 0.05) is 16.6 Å². The van der Waals surface area contributed by atoms with E-state index in [1.165, 1.54) is 11.3 Å². The number of aryl methyl sites for hydroxylation is 1. The first-order chi connectivity index (χ1) is 7.16. The molecule has 0 saturated heterocycles. The van der Waals surface area contributed by atoms with E-state index < -0.39 is 5.97 Å². The first-order valence-corrected chi connectivity index (χ1v) is 5.30. The van der Waals surface area contributed by atoms with Gasteiger partial charge in [0.05, 0.1) is 5.56 Å². The monoisotopic (exact) mass is 219 g/mol. The Bertz CT molecular complexity index is 505. The number of aromatic nitrogens is 1. The van der Waals surface area contributed by atoms with Crippen molar-refractivity contribution in [3.8, 4) is 10.6 Å². The van der Waals surface area contributed by atoms with Crippen molar-refractivity contribution in [1.29, 1.82) is 0 Å². The molecule has 2 rings (SSSR count). The second kappa shape index (κ2) is 3.82. The maximum Gasteiger partial charge on any atom is 0.335 e. The van der Waals surface area contributed by atoms with Gasteiger partial charge in [-0.15, -0.1) is 11.3 Å². The van der Waals surface area contributed by atoms with Crippen LogP contribution in [0.4, 0.5) is 0 Å². The quantitative estimate of drug-likeness (QED) is 0.844. The fourth-order valence-electron chi connectivity index (χ4n) is 1.27. The summed E-state index contributed by atoms with van der Waals surface area (Å²) in [5.74, 6) is -0.912. The molecule has 76 valence electrons. The molecule has 15 heavy (non-hydrogen) atoms. The number of carboxylic acid groups (broad SMARTS) is 1. The summed E-state index contributed by atoms with van der Waals surface area (Å²) in [5, 5.41) is 11.6. The van der Waals surface area contributed by atoms with Crippen LogP contribution in [0.3, 0.4) is 0 Å². The molecule has 4 heteroatoms. The number of carbonyl (C=O) groups is 1. The molecule has 1 aromatic heterocycles. The number of rotatable bonds is 2. The minimum absolute atomic E-state index is 0.292. The number of carboxylic acids is 1. The Morgan fingerprint density at radius 2 is 2.27 bits per heavy atom. The Hall–Kier alpha value is -1.68. The van der Waals surface area contributed by atoms with Crippen LogP contribution in [-0.2, 0) is 0 Å². The van der Waals surface area contributed by atoms with E-state index in [4.69, 9.17) is 5.11 Å². The minimum Gasteiger partial charge on any atom is -0.478 e. The maximum atomic E-state index is 10.8. The molecule has 0 atom stereocenters. The third-order valence-electron chi connectivity index (χ3n) is 1.98. The third-order valence-corrected chi connectivity index (χ3v) is 2.98. The van der Waals surface area contributed by atoms with E-state index >= 15 is 0 Å². The van der Waals surface area contributed by atoms with Gasteiger partial charge in [-0.3, -0.25) is 0 Å². The number of thiazole rings is 1. The molecule has 0 aliphatic heterocycles. The lowest BCUT2D eigenvalue weighted by molar-refractivity contribution is 0.0697. The molecule has 0 amide bonds. The van der Waals surface area contributed by atoms with E-state index in [9.17, 15) is 4.79 Å². The number of aromatic carboxylic acids is 1. The minimum atomic E-state index is -0.912. The van der Waals surface area contributed by atoms with E-state index in [1.54, 1.807) is 18.2 Å². The van der Waals surface area contributed by atoms with E-state index in [1.807, 2.05) is 18.4 Å². The molecule has 1 aromatic carbocycles. The van der Waals surface area contributed by atoms with Crippen molar-refractivity contribution in [2.75, 3.05) is 0 Å². The summed E-state index contributed by atoms with van der Waals surface area (Å²) in [5.41, 5.74) is 2.10. The Labute approximate surface area is 91.0 Å². The second-order valence-electron chi connectivity index (χ2n) is 3.18. The maximum absolute atomic E-state index is 10.8. The molecule has 1 N–H and O–H groups in total. The first kappa shape index (κ1) is 9.86. The van der Waals surface area contributed by atoms with Gasteiger partial charge in [0.2, 0.25) is 0 Å². The Morgan fingerprint density at radius 3 is 2.87 bits per heavy atom. The summed E-state index contributed by atoms with van der Waals surface area (Å²) < 4.78 is 0. The number of nitrogens with zero attached hydrogens (tertiary/aromatic N) is 1. The second-order valence-corrected chi connectivity index (χ2v) is 4.04. The van der Waals surface area contributed by atoms with Crippen molar-refractivity contribution in [3.63, 3.8) is 0 Å². The van der Waals surface area contributed by atoms with Gasteiger partial charge in [0.1, 0.15) is 5.01 Å². The fraction of sp³-hybridized carbons (Fsp3) is 0.0909. The molecular formula is C11H9NO2S. The summed E-state index contributed by atoms with van der Waals surface area (Å²) in [4.78, 5) is 15.1. The zero-order valence-corrected chi connectivity index (χ0v) is 8.91. The van der Waals surface area contributed by atoms with Crippen LogP contribution in [0.15, 0.2) is 29.6 Å². The van der Waals surface area contributed by atoms with Gasteiger partial charge in [-0.1, -0.05) is 12.1 Å². The van der Waals surface area contributed by atoms with E-state index in [0.29, 0.717) is 5.56 Å². The van der Waals surface area contributed by atoms with Gasteiger partial charge in [-0.05, 0) is 19.1 Å². The highest BCUT2D eigenvalue weighted by Crippen LogP contribution is 2.24. The average Bonchev–Trinajstić information content (AvgIpc) is 2.65. The molecule has 0 spiro atoms. The van der Waals surface area contributed by atoms with Crippen LogP contribution >= 0.6 is 11.3 Å². The SMILES string of the molecule is Cc1csc(-c2cccc(C(=O)O)c2)n1. The number of hydrogen-bond acceptors (Lipinski definition) is 3. The zero-order chi connectivity index (χ0) is 10.8. The molecule has 0 radical (unpaired) electrons. The highest BCUT2D eigenvalue weighted by molar-refractivity contribution is 7.13. The van der Waals surface area contributed by atoms with Crippen LogP contribution in [0.25, 0.3) is 10.6 Å². The largest absolute Gasteiger partial charge is 0.478 e. The highest BCUT2D eigenvalue weighted by Gasteiger charge is 2.06. The molecule has 2 aromatic rings. The Kier molecular flexibility index (Phi) is 2.51. The number of hydrogen-bond donors (Lipinski definition) is 1. The Balaban J connectivity index is 2.45. The predicted octanol–water partition coefficient (Wildman–Crippen LogP) is 2.82. The van der Waals surface area contributed by atoms with E-state index in [2.05, 4.69) is 4.98 Å². The van der Waals surface area contributed by atoms with Crippen LogP contribution in [0.1, 0.15) is 16.1 Å². The molecular weight excluding hydrogens is 210 g/mol. The van der Waals surface area contributed by atoms with Crippen LogP contribution in [-0.4, -0.2) is 16.1 Å². The molecule has 3 nitrogen and oxygen atoms in total. The zero-order valence-electron chi connectivity index (χ0n) is 8.10. The molecule has 0 bridgehead atoms. The lowest BCUT2D eigenvalue weighted by Crippen LogP contribution is -1.95. The fourth-order valence-corrected chi connectivity index (χ4v) is 2.07. The van der Waals surface area contributed by atoms with Gasteiger partial charge in [-0.2, -0.15) is 0 Å². The molecule has 0 saturated carbocycles. The topological polar surface area (TPSA) is 50.2 Å². The van der Waals surface area contributed by atoms with E-state index in [0.717, 1.165) is 16.3 Å². The molecule has 1 heterocycles. The lowest BCUT2D eigenvalue weighted by atomic mass is 10.1. The number of benzene rings is 1. The van der Waals surface area contributed by atoms with Gasteiger partial charge in [0.15, 0.2) is 0 Å². The molecule has 0 aliphatic rings. The van der Waals surface area contributed by atoms with Gasteiger partial charge in [-0.25, -0.2) is 9.78 Å². The van der Waals surface area contributed by atoms with Crippen molar-refractivity contribution in [1.82, 2.24) is 4.98 Å². The van der Waals surface area contributed by atoms with Crippen LogP contribution in [0, 0.1) is 6.92 Å². The summed E-state index contributed by atoms with van der Waals surface area (Å²) in [6, 6.07) is 6.81. The summed E-state index contributed by atoms with van der Waals surface area (Å²) in [7, 11) is 0. The van der Waals surface area contributed by atoms with Gasteiger partial charge < -0.3 is 5.11 Å². The smallest absolute Gasteiger partial charge is 0.335 e. The van der Waals surface area contributed by atoms with Crippen molar-refractivity contribution in [2.45, 2.75) is 6.92 Å². The molecule has 0 unspecified atom stereocenters. The normalized spacial score (nSPS) is 10.2. The molecule has 0 aliphatic carbocycles. The first-order valence-electron chi connectivity index (χ1n) is 4.42. The van der Waals surface area contributed by atoms with Crippen LogP contribution in [0.2, 0.25) is 0 Å². The van der Waals surface area contributed by atoms with Gasteiger partial charge >= 0.3 is 5.97 Å². The van der Waals surface area contributed by atoms with Gasteiger partial charge in [0.25, 0.3) is 0 Å². The van der Waals surface area contributed by atoms with Crippen LogP contribution < -0.4 is 0 Å². The van der Waals surface area contributed by atoms with Crippen molar-refractivity contribution in [2.24, 2.45) is 0 Å².